The van der Waals surface area contributed by atoms with Crippen molar-refractivity contribution >= 4 is 17.5 Å². The fourth-order valence-electron chi connectivity index (χ4n) is 2.38. The van der Waals surface area contributed by atoms with Crippen LogP contribution >= 0.6 is 0 Å². The van der Waals surface area contributed by atoms with Gasteiger partial charge in [-0.1, -0.05) is 45.9 Å². The molecule has 4 heteroatoms. The molecule has 1 aromatic carbocycles. The first kappa shape index (κ1) is 18.2. The molecule has 1 N–H and O–H groups in total. The molecule has 0 aromatic heterocycles. The molecule has 4 nitrogen and oxygen atoms in total. The lowest BCUT2D eigenvalue weighted by atomic mass is 10.0. The van der Waals surface area contributed by atoms with Gasteiger partial charge >= 0.3 is 0 Å². The minimum Gasteiger partial charge on any atom is -0.342 e. The Morgan fingerprint density at radius 3 is 2.32 bits per heavy atom. The SMILES string of the molecule is CC(=O)N(CCC(=O)Nc1ccccc1C(C)C)CC(C)C. The highest BCUT2D eigenvalue weighted by Crippen LogP contribution is 2.23. The Morgan fingerprint density at radius 1 is 1.14 bits per heavy atom. The first-order valence-electron chi connectivity index (χ1n) is 7.95. The van der Waals surface area contributed by atoms with Crippen LogP contribution in [0.4, 0.5) is 5.69 Å². The molecular formula is C18H28N2O2. The maximum absolute atomic E-state index is 12.2. The number of carbonyl (C=O) groups excluding carboxylic acids is 2. The van der Waals surface area contributed by atoms with Crippen molar-refractivity contribution in [2.75, 3.05) is 18.4 Å². The quantitative estimate of drug-likeness (QED) is 0.836. The summed E-state index contributed by atoms with van der Waals surface area (Å²) >= 11 is 0. The molecule has 0 atom stereocenters. The van der Waals surface area contributed by atoms with Crippen LogP contribution in [0.3, 0.4) is 0 Å². The third-order valence-electron chi connectivity index (χ3n) is 3.50. The Bertz CT molecular complexity index is 510. The number of rotatable bonds is 7. The minimum atomic E-state index is -0.0527. The number of nitrogens with zero attached hydrogens (tertiary/aromatic N) is 1. The van der Waals surface area contributed by atoms with Crippen molar-refractivity contribution in [3.63, 3.8) is 0 Å². The van der Waals surface area contributed by atoms with E-state index in [1.807, 2.05) is 24.3 Å². The Hall–Kier alpha value is -1.84. The summed E-state index contributed by atoms with van der Waals surface area (Å²) in [5, 5.41) is 2.96. The van der Waals surface area contributed by atoms with E-state index in [4.69, 9.17) is 0 Å². The van der Waals surface area contributed by atoms with Gasteiger partial charge in [-0.25, -0.2) is 0 Å². The molecule has 0 aliphatic carbocycles. The maximum atomic E-state index is 12.2. The van der Waals surface area contributed by atoms with Crippen LogP contribution in [0.5, 0.6) is 0 Å². The van der Waals surface area contributed by atoms with Gasteiger partial charge in [-0.2, -0.15) is 0 Å². The monoisotopic (exact) mass is 304 g/mol. The molecular weight excluding hydrogens is 276 g/mol. The van der Waals surface area contributed by atoms with E-state index < -0.39 is 0 Å². The Kier molecular flexibility index (Phi) is 7.09. The second-order valence-electron chi connectivity index (χ2n) is 6.40. The molecule has 0 saturated carbocycles. The highest BCUT2D eigenvalue weighted by Gasteiger charge is 2.14. The zero-order chi connectivity index (χ0) is 16.7. The second-order valence-corrected chi connectivity index (χ2v) is 6.40. The Morgan fingerprint density at radius 2 is 1.77 bits per heavy atom. The molecule has 2 amide bonds. The predicted octanol–water partition coefficient (Wildman–Crippen LogP) is 3.64. The summed E-state index contributed by atoms with van der Waals surface area (Å²) < 4.78 is 0. The molecule has 0 radical (unpaired) electrons. The first-order valence-corrected chi connectivity index (χ1v) is 7.95. The molecule has 0 aliphatic heterocycles. The van der Waals surface area contributed by atoms with Gasteiger partial charge in [-0.05, 0) is 23.5 Å². The molecule has 0 bridgehead atoms. The summed E-state index contributed by atoms with van der Waals surface area (Å²) in [6, 6.07) is 7.85. The van der Waals surface area contributed by atoms with E-state index in [1.54, 1.807) is 11.8 Å². The lowest BCUT2D eigenvalue weighted by molar-refractivity contribution is -0.129. The summed E-state index contributed by atoms with van der Waals surface area (Å²) in [5.41, 5.74) is 1.99. The molecule has 122 valence electrons. The maximum Gasteiger partial charge on any atom is 0.226 e. The van der Waals surface area contributed by atoms with Gasteiger partial charge in [0.25, 0.3) is 0 Å². The fraction of sp³-hybridized carbons (Fsp3) is 0.556. The van der Waals surface area contributed by atoms with Gasteiger partial charge in [0.1, 0.15) is 0 Å². The van der Waals surface area contributed by atoms with Gasteiger partial charge in [-0.3, -0.25) is 9.59 Å². The summed E-state index contributed by atoms with van der Waals surface area (Å²) in [5.74, 6) is 0.715. The molecule has 0 spiro atoms. The number of carbonyl (C=O) groups is 2. The topological polar surface area (TPSA) is 49.4 Å². The molecule has 0 aliphatic rings. The molecule has 1 aromatic rings. The van der Waals surface area contributed by atoms with Crippen molar-refractivity contribution in [2.45, 2.75) is 47.0 Å². The lowest BCUT2D eigenvalue weighted by Crippen LogP contribution is -2.34. The van der Waals surface area contributed by atoms with Crippen LogP contribution in [0.15, 0.2) is 24.3 Å². The number of hydrogen-bond acceptors (Lipinski definition) is 2. The first-order chi connectivity index (χ1) is 10.3. The van der Waals surface area contributed by atoms with Crippen LogP contribution in [0.2, 0.25) is 0 Å². The van der Waals surface area contributed by atoms with Crippen LogP contribution in [0.25, 0.3) is 0 Å². The van der Waals surface area contributed by atoms with E-state index in [1.165, 1.54) is 0 Å². The van der Waals surface area contributed by atoms with Crippen LogP contribution < -0.4 is 5.32 Å². The van der Waals surface area contributed by atoms with Crippen molar-refractivity contribution < 1.29 is 9.59 Å². The zero-order valence-corrected chi connectivity index (χ0v) is 14.3. The van der Waals surface area contributed by atoms with E-state index in [0.717, 1.165) is 11.3 Å². The number of nitrogens with one attached hydrogen (secondary N) is 1. The lowest BCUT2D eigenvalue weighted by Gasteiger charge is -2.23. The highest BCUT2D eigenvalue weighted by molar-refractivity contribution is 5.92. The van der Waals surface area contributed by atoms with Crippen molar-refractivity contribution in [2.24, 2.45) is 5.92 Å². The number of benzene rings is 1. The Balaban J connectivity index is 2.61. The van der Waals surface area contributed by atoms with Crippen molar-refractivity contribution in [3.8, 4) is 0 Å². The van der Waals surface area contributed by atoms with Gasteiger partial charge in [0, 0.05) is 32.1 Å². The molecule has 0 heterocycles. The number of para-hydroxylation sites is 1. The third kappa shape index (κ3) is 5.88. The molecule has 0 unspecified atom stereocenters. The Labute approximate surface area is 133 Å². The third-order valence-corrected chi connectivity index (χ3v) is 3.50. The van der Waals surface area contributed by atoms with E-state index >= 15 is 0 Å². The van der Waals surface area contributed by atoms with Gasteiger partial charge < -0.3 is 10.2 Å². The van der Waals surface area contributed by atoms with Crippen LogP contribution in [-0.4, -0.2) is 29.8 Å². The predicted molar refractivity (Wildman–Crippen MR) is 90.9 cm³/mol. The van der Waals surface area contributed by atoms with Crippen molar-refractivity contribution in [1.82, 2.24) is 4.90 Å². The number of hydrogen-bond donors (Lipinski definition) is 1. The average molecular weight is 304 g/mol. The summed E-state index contributed by atoms with van der Waals surface area (Å²) in [6.45, 7) is 11.0. The molecule has 22 heavy (non-hydrogen) atoms. The average Bonchev–Trinajstić information content (AvgIpc) is 2.43. The second kappa shape index (κ2) is 8.57. The number of anilines is 1. The smallest absolute Gasteiger partial charge is 0.226 e. The van der Waals surface area contributed by atoms with E-state index in [-0.39, 0.29) is 11.8 Å². The van der Waals surface area contributed by atoms with E-state index in [0.29, 0.717) is 31.3 Å². The largest absolute Gasteiger partial charge is 0.342 e. The summed E-state index contributed by atoms with van der Waals surface area (Å²) in [4.78, 5) is 25.5. The summed E-state index contributed by atoms with van der Waals surface area (Å²) in [6.07, 6.45) is 0.318. The van der Waals surface area contributed by atoms with Gasteiger partial charge in [0.05, 0.1) is 0 Å². The molecule has 0 fully saturated rings. The van der Waals surface area contributed by atoms with Crippen molar-refractivity contribution in [1.29, 1.82) is 0 Å². The summed E-state index contributed by atoms with van der Waals surface area (Å²) in [7, 11) is 0. The van der Waals surface area contributed by atoms with E-state index in [9.17, 15) is 9.59 Å². The van der Waals surface area contributed by atoms with Crippen LogP contribution in [0, 0.1) is 5.92 Å². The van der Waals surface area contributed by atoms with Gasteiger partial charge in [0.15, 0.2) is 0 Å². The fourth-order valence-corrected chi connectivity index (χ4v) is 2.38. The van der Waals surface area contributed by atoms with Gasteiger partial charge in [0.2, 0.25) is 11.8 Å². The number of amides is 2. The molecule has 1 rings (SSSR count). The minimum absolute atomic E-state index is 0.0177. The highest BCUT2D eigenvalue weighted by atomic mass is 16.2. The normalized spacial score (nSPS) is 10.9. The van der Waals surface area contributed by atoms with Gasteiger partial charge in [-0.15, -0.1) is 0 Å². The van der Waals surface area contributed by atoms with E-state index in [2.05, 4.69) is 33.0 Å². The van der Waals surface area contributed by atoms with Crippen molar-refractivity contribution in [3.05, 3.63) is 29.8 Å². The van der Waals surface area contributed by atoms with Crippen LogP contribution in [-0.2, 0) is 9.59 Å². The molecule has 0 saturated heterocycles. The standard InChI is InChI=1S/C18H28N2O2/c1-13(2)12-20(15(5)21)11-10-18(22)19-17-9-7-6-8-16(17)14(3)4/h6-9,13-14H,10-12H2,1-5H3,(H,19,22). The zero-order valence-electron chi connectivity index (χ0n) is 14.3. The van der Waals surface area contributed by atoms with Crippen LogP contribution in [0.1, 0.15) is 52.5 Å².